The van der Waals surface area contributed by atoms with Crippen LogP contribution < -0.4 is 26.6 Å². The van der Waals surface area contributed by atoms with Crippen LogP contribution in [0.25, 0.3) is 5.70 Å². The van der Waals surface area contributed by atoms with Gasteiger partial charge in [0.2, 0.25) is 0 Å². The molecule has 0 bridgehead atoms. The monoisotopic (exact) mass is 515 g/mol. The first kappa shape index (κ1) is 26.0. The first-order valence-corrected chi connectivity index (χ1v) is 11.5. The Labute approximate surface area is 212 Å². The highest BCUT2D eigenvalue weighted by Crippen LogP contribution is 2.34. The lowest BCUT2D eigenvalue weighted by atomic mass is 10.1. The van der Waals surface area contributed by atoms with Crippen molar-refractivity contribution in [3.05, 3.63) is 76.7 Å². The quantitative estimate of drug-likeness (QED) is 0.334. The molecule has 0 radical (unpaired) electrons. The number of hydrogen-bond acceptors (Lipinski definition) is 7. The van der Waals surface area contributed by atoms with Crippen LogP contribution in [0.3, 0.4) is 0 Å². The van der Waals surface area contributed by atoms with E-state index >= 15 is 0 Å². The first-order chi connectivity index (χ1) is 17.6. The highest BCUT2D eigenvalue weighted by atomic mass is 19.4. The number of ether oxygens (including phenoxy) is 1. The number of nitrogens with one attached hydrogen (secondary N) is 4. The van der Waals surface area contributed by atoms with Crippen molar-refractivity contribution in [3.8, 4) is 0 Å². The maximum absolute atomic E-state index is 13.3. The molecule has 9 nitrogen and oxygen atoms in total. The summed E-state index contributed by atoms with van der Waals surface area (Å²) in [6.45, 7) is 4.55. The van der Waals surface area contributed by atoms with Crippen LogP contribution in [0, 0.1) is 13.8 Å². The van der Waals surface area contributed by atoms with Crippen LogP contribution in [0.4, 0.5) is 30.2 Å². The molecule has 37 heavy (non-hydrogen) atoms. The molecule has 12 heteroatoms. The summed E-state index contributed by atoms with van der Waals surface area (Å²) in [4.78, 5) is 13.1. The fourth-order valence-corrected chi connectivity index (χ4v) is 3.81. The number of alkyl halides is 3. The summed E-state index contributed by atoms with van der Waals surface area (Å²) in [6.07, 6.45) is -0.950. The second-order valence-corrected chi connectivity index (χ2v) is 8.55. The van der Waals surface area contributed by atoms with Crippen molar-refractivity contribution in [1.82, 2.24) is 20.7 Å². The average Bonchev–Trinajstić information content (AvgIpc) is 3.46. The van der Waals surface area contributed by atoms with Crippen LogP contribution in [0.15, 0.2) is 48.8 Å². The number of aryl methyl sites for hydroxylation is 2. The molecule has 0 atom stereocenters. The van der Waals surface area contributed by atoms with Gasteiger partial charge in [-0.3, -0.25) is 14.5 Å². The van der Waals surface area contributed by atoms with Crippen molar-refractivity contribution in [2.45, 2.75) is 20.0 Å². The summed E-state index contributed by atoms with van der Waals surface area (Å²) in [6, 6.07) is 8.24. The summed E-state index contributed by atoms with van der Waals surface area (Å²) in [5.41, 5.74) is 10.2. The Morgan fingerprint density at radius 2 is 1.92 bits per heavy atom. The molecule has 2 heterocycles. The maximum Gasteiger partial charge on any atom is 0.416 e. The summed E-state index contributed by atoms with van der Waals surface area (Å²) < 4.78 is 46.8. The Hall–Kier alpha value is -4.03. The van der Waals surface area contributed by atoms with Crippen LogP contribution in [-0.2, 0) is 18.0 Å². The number of methoxy groups -OCH3 is 1. The minimum Gasteiger partial charge on any atom is -0.383 e. The highest BCUT2D eigenvalue weighted by molar-refractivity contribution is 6.06. The van der Waals surface area contributed by atoms with E-state index in [4.69, 9.17) is 4.74 Å². The van der Waals surface area contributed by atoms with Gasteiger partial charge in [-0.2, -0.15) is 18.3 Å². The lowest BCUT2D eigenvalue weighted by molar-refractivity contribution is -0.137. The van der Waals surface area contributed by atoms with E-state index in [0.717, 1.165) is 34.7 Å². The van der Waals surface area contributed by atoms with Gasteiger partial charge in [0, 0.05) is 43.7 Å². The number of benzene rings is 2. The predicted molar refractivity (Wildman–Crippen MR) is 136 cm³/mol. The van der Waals surface area contributed by atoms with Crippen LogP contribution in [0.1, 0.15) is 32.7 Å². The Morgan fingerprint density at radius 3 is 2.59 bits per heavy atom. The zero-order valence-corrected chi connectivity index (χ0v) is 20.8. The van der Waals surface area contributed by atoms with E-state index in [2.05, 4.69) is 26.7 Å². The zero-order chi connectivity index (χ0) is 26.7. The van der Waals surface area contributed by atoms with E-state index in [1.165, 1.54) is 13.2 Å². The van der Waals surface area contributed by atoms with E-state index < -0.39 is 17.6 Å². The van der Waals surface area contributed by atoms with Crippen molar-refractivity contribution in [3.63, 3.8) is 0 Å². The van der Waals surface area contributed by atoms with Crippen LogP contribution in [0.5, 0.6) is 0 Å². The molecule has 0 aliphatic carbocycles. The van der Waals surface area contributed by atoms with E-state index in [1.807, 2.05) is 27.1 Å². The molecule has 196 valence electrons. The van der Waals surface area contributed by atoms with Gasteiger partial charge >= 0.3 is 6.18 Å². The minimum absolute atomic E-state index is 0.0215. The largest absolute Gasteiger partial charge is 0.416 e. The molecule has 4 N–H and O–H groups in total. The minimum atomic E-state index is -4.55. The lowest BCUT2D eigenvalue weighted by Gasteiger charge is -2.19. The molecule has 1 aliphatic heterocycles. The fraction of sp³-hybridized carbons (Fsp3) is 0.280. The van der Waals surface area contributed by atoms with Crippen LogP contribution >= 0.6 is 0 Å². The number of rotatable bonds is 8. The van der Waals surface area contributed by atoms with Gasteiger partial charge in [0.05, 0.1) is 41.1 Å². The van der Waals surface area contributed by atoms with Crippen molar-refractivity contribution < 1.29 is 22.7 Å². The second-order valence-electron chi connectivity index (χ2n) is 8.55. The molecule has 0 spiro atoms. The normalized spacial score (nSPS) is 13.4. The zero-order valence-electron chi connectivity index (χ0n) is 20.8. The molecular weight excluding hydrogens is 487 g/mol. The van der Waals surface area contributed by atoms with Gasteiger partial charge in [-0.25, -0.2) is 0 Å². The van der Waals surface area contributed by atoms with Gasteiger partial charge in [0.15, 0.2) is 0 Å². The van der Waals surface area contributed by atoms with Gasteiger partial charge in [-0.05, 0) is 49.7 Å². The smallest absolute Gasteiger partial charge is 0.383 e. The van der Waals surface area contributed by atoms with Gasteiger partial charge in [-0.15, -0.1) is 5.53 Å². The number of carbonyl (C=O) groups excluding carboxylic acids is 1. The Kier molecular flexibility index (Phi) is 7.41. The van der Waals surface area contributed by atoms with E-state index in [1.54, 1.807) is 34.1 Å². The number of anilines is 3. The maximum atomic E-state index is 13.3. The molecule has 0 saturated carbocycles. The number of halogens is 3. The van der Waals surface area contributed by atoms with Crippen molar-refractivity contribution in [1.29, 1.82) is 0 Å². The van der Waals surface area contributed by atoms with Gasteiger partial charge < -0.3 is 20.8 Å². The van der Waals surface area contributed by atoms with E-state index in [0.29, 0.717) is 24.5 Å². The Balaban J connectivity index is 1.59. The number of aromatic nitrogens is 2. The Morgan fingerprint density at radius 1 is 1.14 bits per heavy atom. The van der Waals surface area contributed by atoms with Gasteiger partial charge in [0.25, 0.3) is 5.91 Å². The van der Waals surface area contributed by atoms with Gasteiger partial charge in [-0.1, -0.05) is 6.07 Å². The SMILES string of the molecule is COCCNc1ccc(C(F)(F)F)cc1NC(=O)c1ccc(C)c(N2C=C(c3cnn(C)c3C)NN2)c1. The molecular formula is C25H28F3N7O2. The summed E-state index contributed by atoms with van der Waals surface area (Å²) in [7, 11) is 3.38. The molecule has 0 fully saturated rings. The van der Waals surface area contributed by atoms with E-state index in [9.17, 15) is 18.0 Å². The Bertz CT molecular complexity index is 1330. The summed E-state index contributed by atoms with van der Waals surface area (Å²) >= 11 is 0. The number of hydrazine groups is 2. The third kappa shape index (κ3) is 5.70. The van der Waals surface area contributed by atoms with Crippen LogP contribution in [0.2, 0.25) is 0 Å². The van der Waals surface area contributed by atoms with Crippen LogP contribution in [-0.4, -0.2) is 35.9 Å². The third-order valence-electron chi connectivity index (χ3n) is 6.04. The molecule has 2 aromatic carbocycles. The molecule has 4 rings (SSSR count). The second kappa shape index (κ2) is 10.5. The molecule has 1 aromatic heterocycles. The number of carbonyl (C=O) groups is 1. The molecule has 0 saturated heterocycles. The fourth-order valence-electron chi connectivity index (χ4n) is 3.81. The van der Waals surface area contributed by atoms with Crippen molar-refractivity contribution in [2.75, 3.05) is 35.9 Å². The number of hydrogen-bond donors (Lipinski definition) is 4. The number of amides is 1. The van der Waals surface area contributed by atoms with Gasteiger partial charge in [0.1, 0.15) is 0 Å². The van der Waals surface area contributed by atoms with Crippen molar-refractivity contribution >= 4 is 28.7 Å². The summed E-state index contributed by atoms with van der Waals surface area (Å²) in [5, 5.41) is 11.6. The molecule has 0 unspecified atom stereocenters. The van der Waals surface area contributed by atoms with Crippen molar-refractivity contribution in [2.24, 2.45) is 7.05 Å². The number of nitrogens with zero attached hydrogens (tertiary/aromatic N) is 3. The summed E-state index contributed by atoms with van der Waals surface area (Å²) in [5.74, 6) is -0.546. The highest BCUT2D eigenvalue weighted by Gasteiger charge is 2.31. The molecule has 3 aromatic rings. The average molecular weight is 516 g/mol. The predicted octanol–water partition coefficient (Wildman–Crippen LogP) is 4.19. The third-order valence-corrected chi connectivity index (χ3v) is 6.04. The first-order valence-electron chi connectivity index (χ1n) is 11.5. The molecule has 1 aliphatic rings. The topological polar surface area (TPSA) is 95.5 Å². The van der Waals surface area contributed by atoms with E-state index in [-0.39, 0.29) is 11.3 Å². The lowest BCUT2D eigenvalue weighted by Crippen LogP contribution is -2.36. The standard InChI is InChI=1S/C25H28F3N7O2/c1-15-5-6-17(11-23(15)35-14-22(32-33-35)19-13-30-34(3)16(19)2)24(36)31-21-12-18(25(26,27)28)7-8-20(21)29-9-10-37-4/h5-8,11-14,29,32-33H,9-10H2,1-4H3,(H,31,36). The molecule has 1 amide bonds.